The molecular formula is C45H41N3O7S. The highest BCUT2D eigenvalue weighted by Gasteiger charge is 2.34. The quantitative estimate of drug-likeness (QED) is 0.121. The van der Waals surface area contributed by atoms with Crippen LogP contribution < -0.4 is 24.4 Å². The maximum absolute atomic E-state index is 14.8. The monoisotopic (exact) mass is 767 g/mol. The van der Waals surface area contributed by atoms with Crippen molar-refractivity contribution < 1.29 is 28.5 Å². The third kappa shape index (κ3) is 7.45. The second kappa shape index (κ2) is 16.5. The number of carbonyl (C=O) groups is 2. The van der Waals surface area contributed by atoms with Crippen LogP contribution in [0, 0.1) is 6.92 Å². The van der Waals surface area contributed by atoms with Gasteiger partial charge in [0.25, 0.3) is 5.56 Å². The van der Waals surface area contributed by atoms with Crippen molar-refractivity contribution in [2.75, 3.05) is 26.9 Å². The Morgan fingerprint density at radius 1 is 0.821 bits per heavy atom. The summed E-state index contributed by atoms with van der Waals surface area (Å²) in [6.07, 6.45) is 1.92. The molecule has 10 nitrogen and oxygen atoms in total. The van der Waals surface area contributed by atoms with E-state index in [0.29, 0.717) is 38.7 Å². The summed E-state index contributed by atoms with van der Waals surface area (Å²) in [6, 6.07) is 35.0. The second-order valence-corrected chi connectivity index (χ2v) is 14.1. The summed E-state index contributed by atoms with van der Waals surface area (Å²) in [5.41, 5.74) is 7.77. The number of allylic oxidation sites excluding steroid dienone is 1. The number of esters is 2. The summed E-state index contributed by atoms with van der Waals surface area (Å²) < 4.78 is 26.1. The first-order valence-corrected chi connectivity index (χ1v) is 19.1. The highest BCUT2D eigenvalue weighted by molar-refractivity contribution is 7.07. The molecule has 7 rings (SSSR count). The molecular weight excluding hydrogens is 727 g/mol. The number of hydrogen-bond donors (Lipinski definition) is 0. The zero-order chi connectivity index (χ0) is 39.3. The Bertz CT molecular complexity index is 2620. The Hall–Kier alpha value is -6.46. The SMILES string of the molecule is CCOC(=O)C1=C(C)N=c2s/c(=C/c3cc(-c4ccccc4)n(-c4ccc(C)cc4)c3-c3ccccc3)c(=O)n2[C@@H]1c1ccc(OCC(=O)OC)c(OCC)c1. The summed E-state index contributed by atoms with van der Waals surface area (Å²) in [4.78, 5) is 45.6. The molecule has 0 aliphatic carbocycles. The lowest BCUT2D eigenvalue weighted by molar-refractivity contribution is -0.143. The molecule has 0 radical (unpaired) electrons. The Balaban J connectivity index is 1.46. The van der Waals surface area contributed by atoms with Crippen molar-refractivity contribution in [3.05, 3.63) is 157 Å². The van der Waals surface area contributed by atoms with Gasteiger partial charge in [-0.2, -0.15) is 0 Å². The maximum atomic E-state index is 14.8. The van der Waals surface area contributed by atoms with Gasteiger partial charge in [0.1, 0.15) is 0 Å². The van der Waals surface area contributed by atoms with Crippen LogP contribution in [-0.4, -0.2) is 48.0 Å². The molecule has 4 aromatic carbocycles. The number of benzene rings is 4. The Morgan fingerprint density at radius 2 is 1.52 bits per heavy atom. The van der Waals surface area contributed by atoms with Crippen molar-refractivity contribution in [1.82, 2.24) is 9.13 Å². The van der Waals surface area contributed by atoms with Crippen molar-refractivity contribution in [2.24, 2.45) is 4.99 Å². The fourth-order valence-corrected chi connectivity index (χ4v) is 7.88. The molecule has 0 amide bonds. The topological polar surface area (TPSA) is 110 Å². The lowest BCUT2D eigenvalue weighted by Crippen LogP contribution is -2.40. The average Bonchev–Trinajstić information content (AvgIpc) is 3.74. The third-order valence-electron chi connectivity index (χ3n) is 9.40. The molecule has 0 unspecified atom stereocenters. The van der Waals surface area contributed by atoms with E-state index in [1.54, 1.807) is 36.6 Å². The molecule has 0 N–H and O–H groups in total. The normalized spacial score (nSPS) is 13.9. The lowest BCUT2D eigenvalue weighted by Gasteiger charge is -2.25. The van der Waals surface area contributed by atoms with Crippen molar-refractivity contribution in [1.29, 1.82) is 0 Å². The van der Waals surface area contributed by atoms with Gasteiger partial charge in [-0.25, -0.2) is 14.6 Å². The van der Waals surface area contributed by atoms with E-state index in [0.717, 1.165) is 39.3 Å². The van der Waals surface area contributed by atoms with Crippen LogP contribution in [0.5, 0.6) is 11.5 Å². The minimum atomic E-state index is -0.896. The molecule has 3 heterocycles. The van der Waals surface area contributed by atoms with Crippen LogP contribution in [0.2, 0.25) is 0 Å². The van der Waals surface area contributed by atoms with Crippen LogP contribution in [0.15, 0.2) is 130 Å². The van der Waals surface area contributed by atoms with Crippen molar-refractivity contribution >= 4 is 29.4 Å². The standard InChI is InChI=1S/C45H41N3O7S/c1-6-53-37-25-32(20-23-36(37)55-27-39(49)52-5)42-40(44(51)54-7-2)29(4)46-45-48(42)43(50)38(56-45)26-33-24-35(30-14-10-8-11-15-30)47(34-21-18-28(3)19-22-34)41(33)31-16-12-9-13-17-31/h8-26,42H,6-7,27H2,1-5H3/b38-26+/t42-/m1/s1. The summed E-state index contributed by atoms with van der Waals surface area (Å²) in [7, 11) is 1.28. The molecule has 0 saturated carbocycles. The van der Waals surface area contributed by atoms with E-state index in [4.69, 9.17) is 23.9 Å². The van der Waals surface area contributed by atoms with Crippen LogP contribution in [-0.2, 0) is 19.1 Å². The van der Waals surface area contributed by atoms with Crippen LogP contribution in [0.4, 0.5) is 0 Å². The van der Waals surface area contributed by atoms with E-state index in [1.807, 2.05) is 49.4 Å². The van der Waals surface area contributed by atoms with Gasteiger partial charge in [0.05, 0.1) is 53.6 Å². The first-order chi connectivity index (χ1) is 27.2. The predicted octanol–water partition coefficient (Wildman–Crippen LogP) is 7.18. The zero-order valence-corrected chi connectivity index (χ0v) is 32.6. The van der Waals surface area contributed by atoms with Crippen LogP contribution in [0.25, 0.3) is 34.3 Å². The number of methoxy groups -OCH3 is 1. The van der Waals surface area contributed by atoms with Gasteiger partial charge in [-0.1, -0.05) is 95.8 Å². The van der Waals surface area contributed by atoms with Gasteiger partial charge in [0.2, 0.25) is 0 Å². The van der Waals surface area contributed by atoms with E-state index in [2.05, 4.69) is 66.1 Å². The molecule has 284 valence electrons. The van der Waals surface area contributed by atoms with E-state index in [1.165, 1.54) is 18.4 Å². The van der Waals surface area contributed by atoms with Gasteiger partial charge in [-0.3, -0.25) is 9.36 Å². The number of carbonyl (C=O) groups excluding carboxylic acids is 2. The maximum Gasteiger partial charge on any atom is 0.343 e. The van der Waals surface area contributed by atoms with Crippen molar-refractivity contribution in [3.63, 3.8) is 0 Å². The molecule has 2 aromatic heterocycles. The second-order valence-electron chi connectivity index (χ2n) is 13.0. The number of fused-ring (bicyclic) bond motifs is 1. The summed E-state index contributed by atoms with van der Waals surface area (Å²) in [5.74, 6) is -0.474. The number of aryl methyl sites for hydroxylation is 1. The van der Waals surface area contributed by atoms with Gasteiger partial charge in [0.15, 0.2) is 22.9 Å². The molecule has 0 bridgehead atoms. The molecule has 1 aliphatic rings. The van der Waals surface area contributed by atoms with Crippen LogP contribution in [0.3, 0.4) is 0 Å². The molecule has 1 aliphatic heterocycles. The number of thiazole rings is 1. The Labute approximate surface area is 328 Å². The average molecular weight is 768 g/mol. The van der Waals surface area contributed by atoms with Gasteiger partial charge in [-0.05, 0) is 80.8 Å². The van der Waals surface area contributed by atoms with Gasteiger partial charge in [-0.15, -0.1) is 0 Å². The largest absolute Gasteiger partial charge is 0.490 e. The fourth-order valence-electron chi connectivity index (χ4n) is 6.84. The number of rotatable bonds is 12. The molecule has 0 spiro atoms. The minimum absolute atomic E-state index is 0.140. The predicted molar refractivity (Wildman–Crippen MR) is 217 cm³/mol. The third-order valence-corrected chi connectivity index (χ3v) is 10.4. The zero-order valence-electron chi connectivity index (χ0n) is 31.8. The number of aromatic nitrogens is 2. The molecule has 56 heavy (non-hydrogen) atoms. The summed E-state index contributed by atoms with van der Waals surface area (Å²) in [6.45, 7) is 7.49. The number of nitrogens with zero attached hydrogens (tertiary/aromatic N) is 3. The van der Waals surface area contributed by atoms with E-state index in [-0.39, 0.29) is 24.3 Å². The highest BCUT2D eigenvalue weighted by atomic mass is 32.1. The Kier molecular flexibility index (Phi) is 11.1. The lowest BCUT2D eigenvalue weighted by atomic mass is 9.95. The van der Waals surface area contributed by atoms with E-state index >= 15 is 0 Å². The van der Waals surface area contributed by atoms with Crippen molar-refractivity contribution in [3.8, 4) is 39.7 Å². The number of hydrogen-bond acceptors (Lipinski definition) is 9. The first-order valence-electron chi connectivity index (χ1n) is 18.3. The van der Waals surface area contributed by atoms with E-state index < -0.39 is 18.0 Å². The number of ether oxygens (including phenoxy) is 4. The van der Waals surface area contributed by atoms with Crippen molar-refractivity contribution in [2.45, 2.75) is 33.7 Å². The highest BCUT2D eigenvalue weighted by Crippen LogP contribution is 2.38. The smallest absolute Gasteiger partial charge is 0.343 e. The molecule has 6 aromatic rings. The molecule has 0 saturated heterocycles. The van der Waals surface area contributed by atoms with Gasteiger partial charge < -0.3 is 23.5 Å². The van der Waals surface area contributed by atoms with Gasteiger partial charge >= 0.3 is 11.9 Å². The molecule has 11 heteroatoms. The minimum Gasteiger partial charge on any atom is -0.490 e. The molecule has 0 fully saturated rings. The summed E-state index contributed by atoms with van der Waals surface area (Å²) >= 11 is 1.26. The van der Waals surface area contributed by atoms with Crippen LogP contribution in [0.1, 0.15) is 43.5 Å². The van der Waals surface area contributed by atoms with Crippen LogP contribution >= 0.6 is 11.3 Å². The Morgan fingerprint density at radius 3 is 2.18 bits per heavy atom. The first kappa shape index (κ1) is 37.8. The van der Waals surface area contributed by atoms with E-state index in [9.17, 15) is 14.4 Å². The summed E-state index contributed by atoms with van der Waals surface area (Å²) in [5, 5.41) is 0. The van der Waals surface area contributed by atoms with Gasteiger partial charge in [0, 0.05) is 11.3 Å². The molecule has 1 atom stereocenters. The fraction of sp³-hybridized carbons (Fsp3) is 0.200.